The third-order valence-electron chi connectivity index (χ3n) is 5.67. The predicted molar refractivity (Wildman–Crippen MR) is 109 cm³/mol. The molecular weight excluding hydrogens is 388 g/mol. The van der Waals surface area contributed by atoms with Crippen molar-refractivity contribution in [2.45, 2.75) is 62.9 Å². The summed E-state index contributed by atoms with van der Waals surface area (Å²) < 4.78 is 1.71. The topological polar surface area (TPSA) is 102 Å². The van der Waals surface area contributed by atoms with Gasteiger partial charge in [0.15, 0.2) is 0 Å². The van der Waals surface area contributed by atoms with Gasteiger partial charge < -0.3 is 0 Å². The first-order valence-corrected chi connectivity index (χ1v) is 11.3. The molecule has 0 spiro atoms. The molecular formula is C20H26N6O2S. The largest absolute Gasteiger partial charge is 0.273 e. The molecule has 2 N–H and O–H groups in total. The molecule has 29 heavy (non-hydrogen) atoms. The second-order valence-electron chi connectivity index (χ2n) is 7.66. The van der Waals surface area contributed by atoms with E-state index < -0.39 is 0 Å². The number of fused-ring (bicyclic) bond motifs is 1. The molecule has 0 saturated heterocycles. The molecule has 1 aromatic carbocycles. The van der Waals surface area contributed by atoms with Crippen molar-refractivity contribution in [3.8, 4) is 5.69 Å². The number of rotatable bonds is 5. The van der Waals surface area contributed by atoms with Crippen LogP contribution in [0.4, 0.5) is 0 Å². The van der Waals surface area contributed by atoms with Gasteiger partial charge in [-0.1, -0.05) is 43.2 Å². The van der Waals surface area contributed by atoms with E-state index in [-0.39, 0.29) is 23.5 Å². The molecule has 1 fully saturated rings. The average molecular weight is 415 g/mol. The third kappa shape index (κ3) is 4.77. The Kier molecular flexibility index (Phi) is 6.43. The number of nitrogens with one attached hydrogen (secondary N) is 2. The summed E-state index contributed by atoms with van der Waals surface area (Å²) in [5.41, 5.74) is 8.70. The highest BCUT2D eigenvalue weighted by atomic mass is 32.2. The van der Waals surface area contributed by atoms with Gasteiger partial charge in [0.25, 0.3) is 0 Å². The Morgan fingerprint density at radius 2 is 1.90 bits per heavy atom. The molecule has 2 aliphatic carbocycles. The van der Waals surface area contributed by atoms with Crippen LogP contribution in [0.3, 0.4) is 0 Å². The fraction of sp³-hybridized carbons (Fsp3) is 0.550. The van der Waals surface area contributed by atoms with Gasteiger partial charge in [-0.2, -0.15) is 4.68 Å². The molecule has 4 rings (SSSR count). The van der Waals surface area contributed by atoms with E-state index in [0.717, 1.165) is 50.6 Å². The molecule has 0 bridgehead atoms. The van der Waals surface area contributed by atoms with Gasteiger partial charge in [-0.25, -0.2) is 0 Å². The van der Waals surface area contributed by atoms with Crippen LogP contribution in [-0.4, -0.2) is 37.8 Å². The van der Waals surface area contributed by atoms with Crippen LogP contribution in [0.15, 0.2) is 23.4 Å². The standard InChI is InChI=1S/C20H26N6O2S/c27-18(21-22-19(28)15-8-2-1-3-9-15)13-29-20-23-24-25-26(20)17-12-6-10-14-7-4-5-11-16(14)17/h6,10,12,15H,1-5,7-9,11,13H2,(H,21,27)(H,22,28). The molecule has 0 unspecified atom stereocenters. The maximum atomic E-state index is 12.2. The van der Waals surface area contributed by atoms with E-state index in [4.69, 9.17) is 0 Å². The molecule has 0 aliphatic heterocycles. The maximum absolute atomic E-state index is 12.2. The number of carbonyl (C=O) groups is 2. The lowest BCUT2D eigenvalue weighted by molar-refractivity contribution is -0.131. The SMILES string of the molecule is O=C(CSc1nnnn1-c1cccc2c1CCCC2)NNC(=O)C1CCCCC1. The average Bonchev–Trinajstić information content (AvgIpc) is 3.24. The fourth-order valence-corrected chi connectivity index (χ4v) is 4.83. The smallest absolute Gasteiger partial charge is 0.248 e. The molecule has 2 aromatic rings. The molecule has 8 nitrogen and oxygen atoms in total. The summed E-state index contributed by atoms with van der Waals surface area (Å²) in [6, 6.07) is 6.22. The van der Waals surface area contributed by atoms with Crippen LogP contribution in [0.5, 0.6) is 0 Å². The number of tetrazole rings is 1. The quantitative estimate of drug-likeness (QED) is 0.575. The normalized spacial score (nSPS) is 16.8. The van der Waals surface area contributed by atoms with Crippen molar-refractivity contribution >= 4 is 23.6 Å². The Hall–Kier alpha value is -2.42. The third-order valence-corrected chi connectivity index (χ3v) is 6.59. The van der Waals surface area contributed by atoms with Gasteiger partial charge in [0.1, 0.15) is 0 Å². The fourth-order valence-electron chi connectivity index (χ4n) is 4.14. The van der Waals surface area contributed by atoms with Gasteiger partial charge in [-0.05, 0) is 66.1 Å². The number of carbonyl (C=O) groups excluding carboxylic acids is 2. The van der Waals surface area contributed by atoms with Gasteiger partial charge in [-0.3, -0.25) is 20.4 Å². The van der Waals surface area contributed by atoms with Crippen molar-refractivity contribution in [3.05, 3.63) is 29.3 Å². The monoisotopic (exact) mass is 414 g/mol. The van der Waals surface area contributed by atoms with E-state index in [1.165, 1.54) is 35.7 Å². The van der Waals surface area contributed by atoms with E-state index in [9.17, 15) is 9.59 Å². The van der Waals surface area contributed by atoms with Crippen molar-refractivity contribution in [3.63, 3.8) is 0 Å². The number of amides is 2. The van der Waals surface area contributed by atoms with Gasteiger partial charge in [-0.15, -0.1) is 5.10 Å². The van der Waals surface area contributed by atoms with Crippen LogP contribution >= 0.6 is 11.8 Å². The van der Waals surface area contributed by atoms with E-state index in [0.29, 0.717) is 5.16 Å². The zero-order valence-corrected chi connectivity index (χ0v) is 17.2. The second kappa shape index (κ2) is 9.39. The zero-order valence-electron chi connectivity index (χ0n) is 16.4. The first kappa shape index (κ1) is 19.9. The molecule has 1 aromatic heterocycles. The van der Waals surface area contributed by atoms with E-state index in [1.807, 2.05) is 12.1 Å². The van der Waals surface area contributed by atoms with Crippen molar-refractivity contribution in [2.24, 2.45) is 5.92 Å². The number of aromatic nitrogens is 4. The summed E-state index contributed by atoms with van der Waals surface area (Å²) in [4.78, 5) is 24.3. The Bertz CT molecular complexity index is 878. The van der Waals surface area contributed by atoms with Crippen LogP contribution in [0.25, 0.3) is 5.69 Å². The van der Waals surface area contributed by atoms with Gasteiger partial charge in [0.05, 0.1) is 11.4 Å². The van der Waals surface area contributed by atoms with Crippen LogP contribution in [0.1, 0.15) is 56.1 Å². The first-order chi connectivity index (χ1) is 14.2. The summed E-state index contributed by atoms with van der Waals surface area (Å²) in [6.45, 7) is 0. The van der Waals surface area contributed by atoms with Crippen molar-refractivity contribution in [2.75, 3.05) is 5.75 Å². The Morgan fingerprint density at radius 3 is 2.76 bits per heavy atom. The second-order valence-corrected chi connectivity index (χ2v) is 8.60. The Balaban J connectivity index is 1.34. The number of nitrogens with zero attached hydrogens (tertiary/aromatic N) is 4. The van der Waals surface area contributed by atoms with Gasteiger partial charge in [0, 0.05) is 5.92 Å². The molecule has 2 amide bonds. The molecule has 0 atom stereocenters. The highest BCUT2D eigenvalue weighted by molar-refractivity contribution is 7.99. The zero-order chi connectivity index (χ0) is 20.1. The highest BCUT2D eigenvalue weighted by Crippen LogP contribution is 2.28. The molecule has 1 saturated carbocycles. The first-order valence-electron chi connectivity index (χ1n) is 10.3. The molecule has 9 heteroatoms. The molecule has 2 aliphatic rings. The van der Waals surface area contributed by atoms with Crippen molar-refractivity contribution < 1.29 is 9.59 Å². The summed E-state index contributed by atoms with van der Waals surface area (Å²) >= 11 is 1.26. The van der Waals surface area contributed by atoms with Crippen molar-refractivity contribution in [1.29, 1.82) is 0 Å². The molecule has 0 radical (unpaired) electrons. The number of thioether (sulfide) groups is 1. The van der Waals surface area contributed by atoms with Crippen LogP contribution in [-0.2, 0) is 22.4 Å². The summed E-state index contributed by atoms with van der Waals surface area (Å²) in [6.07, 6.45) is 9.60. The van der Waals surface area contributed by atoms with Gasteiger partial charge in [0.2, 0.25) is 17.0 Å². The van der Waals surface area contributed by atoms with E-state index >= 15 is 0 Å². The lowest BCUT2D eigenvalue weighted by Gasteiger charge is -2.20. The summed E-state index contributed by atoms with van der Waals surface area (Å²) in [5.74, 6) is -0.235. The molecule has 154 valence electrons. The number of hydrogen-bond acceptors (Lipinski definition) is 6. The minimum Gasteiger partial charge on any atom is -0.273 e. The van der Waals surface area contributed by atoms with Crippen molar-refractivity contribution in [1.82, 2.24) is 31.1 Å². The van der Waals surface area contributed by atoms with Crippen LogP contribution in [0.2, 0.25) is 0 Å². The molecule has 1 heterocycles. The number of hydrogen-bond donors (Lipinski definition) is 2. The lowest BCUT2D eigenvalue weighted by Crippen LogP contribution is -2.45. The number of benzene rings is 1. The maximum Gasteiger partial charge on any atom is 0.248 e. The predicted octanol–water partition coefficient (Wildman–Crippen LogP) is 2.36. The lowest BCUT2D eigenvalue weighted by atomic mass is 9.89. The Labute approximate surface area is 174 Å². The van der Waals surface area contributed by atoms with E-state index in [1.54, 1.807) is 4.68 Å². The summed E-state index contributed by atoms with van der Waals surface area (Å²) in [7, 11) is 0. The summed E-state index contributed by atoms with van der Waals surface area (Å²) in [5, 5.41) is 12.6. The number of aryl methyl sites for hydroxylation is 1. The van der Waals surface area contributed by atoms with E-state index in [2.05, 4.69) is 32.4 Å². The number of hydrazine groups is 1. The highest BCUT2D eigenvalue weighted by Gasteiger charge is 2.22. The van der Waals surface area contributed by atoms with Crippen LogP contribution < -0.4 is 10.9 Å². The minimum atomic E-state index is -0.274. The van der Waals surface area contributed by atoms with Crippen LogP contribution in [0, 0.1) is 5.92 Å². The Morgan fingerprint density at radius 1 is 1.07 bits per heavy atom. The minimum absolute atomic E-state index is 0.00765. The van der Waals surface area contributed by atoms with Gasteiger partial charge >= 0.3 is 0 Å².